The van der Waals surface area contributed by atoms with Gasteiger partial charge in [0.05, 0.1) is 17.2 Å². The van der Waals surface area contributed by atoms with Crippen molar-refractivity contribution in [1.82, 2.24) is 0 Å². The van der Waals surface area contributed by atoms with Crippen LogP contribution in [0.15, 0.2) is 12.1 Å². The quantitative estimate of drug-likeness (QED) is 0.778. The van der Waals surface area contributed by atoms with E-state index < -0.39 is 0 Å². The van der Waals surface area contributed by atoms with Crippen molar-refractivity contribution < 1.29 is 10.2 Å². The van der Waals surface area contributed by atoms with Gasteiger partial charge >= 0.3 is 0 Å². The number of hydrogen-bond acceptors (Lipinski definition) is 4. The van der Waals surface area contributed by atoms with Crippen LogP contribution in [-0.4, -0.2) is 10.2 Å². The van der Waals surface area contributed by atoms with Crippen LogP contribution in [0, 0.1) is 0 Å². The molecule has 4 heteroatoms. The number of aliphatic hydroxyl groups is 2. The normalized spacial score (nSPS) is 11.2. The fourth-order valence-electron chi connectivity index (χ4n) is 1.10. The van der Waals surface area contributed by atoms with Gasteiger partial charge in [-0.3, -0.25) is 0 Å². The summed E-state index contributed by atoms with van der Waals surface area (Å²) in [5.41, 5.74) is 0. The number of thiophene rings is 2. The molecule has 12 heavy (non-hydrogen) atoms. The zero-order valence-corrected chi connectivity index (χ0v) is 7.91. The van der Waals surface area contributed by atoms with E-state index in [1.807, 2.05) is 12.1 Å². The third-order valence-corrected chi connectivity index (χ3v) is 3.99. The molecule has 0 radical (unpaired) electrons. The van der Waals surface area contributed by atoms with Crippen molar-refractivity contribution in [3.63, 3.8) is 0 Å². The average molecular weight is 200 g/mol. The number of rotatable bonds is 2. The summed E-state index contributed by atoms with van der Waals surface area (Å²) in [4.78, 5) is 1.97. The molecule has 64 valence electrons. The van der Waals surface area contributed by atoms with E-state index in [4.69, 9.17) is 10.2 Å². The summed E-state index contributed by atoms with van der Waals surface area (Å²) in [5, 5.41) is 18.8. The topological polar surface area (TPSA) is 40.5 Å². The highest BCUT2D eigenvalue weighted by molar-refractivity contribution is 7.38. The molecule has 0 spiro atoms. The zero-order valence-electron chi connectivity index (χ0n) is 6.28. The van der Waals surface area contributed by atoms with E-state index in [2.05, 4.69) is 0 Å². The van der Waals surface area contributed by atoms with Crippen LogP contribution in [0.1, 0.15) is 9.75 Å². The van der Waals surface area contributed by atoms with Crippen molar-refractivity contribution in [2.24, 2.45) is 0 Å². The largest absolute Gasteiger partial charge is 0.391 e. The molecule has 2 rings (SSSR count). The molecule has 0 aliphatic carbocycles. The summed E-state index contributed by atoms with van der Waals surface area (Å²) >= 11 is 3.18. The van der Waals surface area contributed by atoms with Gasteiger partial charge in [0.1, 0.15) is 0 Å². The zero-order chi connectivity index (χ0) is 8.55. The molecule has 0 unspecified atom stereocenters. The predicted molar refractivity (Wildman–Crippen MR) is 51.5 cm³/mol. The molecule has 2 N–H and O–H groups in total. The Morgan fingerprint density at radius 2 is 1.50 bits per heavy atom. The van der Waals surface area contributed by atoms with E-state index in [1.165, 1.54) is 4.01 Å². The third-order valence-electron chi connectivity index (χ3n) is 1.63. The second kappa shape index (κ2) is 3.14. The minimum Gasteiger partial charge on any atom is -0.391 e. The predicted octanol–water partition coefficient (Wildman–Crippen LogP) is 1.95. The van der Waals surface area contributed by atoms with Crippen LogP contribution in [-0.2, 0) is 13.2 Å². The van der Waals surface area contributed by atoms with Crippen LogP contribution in [0.2, 0.25) is 0 Å². The molecule has 2 aromatic heterocycles. The molecule has 0 amide bonds. The van der Waals surface area contributed by atoms with E-state index in [-0.39, 0.29) is 13.2 Å². The van der Waals surface area contributed by atoms with E-state index in [9.17, 15) is 0 Å². The average Bonchev–Trinajstić information content (AvgIpc) is 2.59. The first-order chi connectivity index (χ1) is 5.83. The van der Waals surface area contributed by atoms with Crippen molar-refractivity contribution in [3.05, 3.63) is 21.9 Å². The smallest absolute Gasteiger partial charge is 0.0872 e. The number of aliphatic hydroxyl groups excluding tert-OH is 2. The highest BCUT2D eigenvalue weighted by atomic mass is 32.2. The summed E-state index contributed by atoms with van der Waals surface area (Å²) < 4.78 is 1.18. The first-order valence-electron chi connectivity index (χ1n) is 3.56. The maximum absolute atomic E-state index is 8.85. The molecule has 0 bridgehead atoms. The van der Waals surface area contributed by atoms with Crippen LogP contribution in [0.4, 0.5) is 0 Å². The summed E-state index contributed by atoms with van der Waals surface area (Å²) in [5.74, 6) is 0. The van der Waals surface area contributed by atoms with E-state index in [1.54, 1.807) is 22.7 Å². The van der Waals surface area contributed by atoms with Crippen molar-refractivity contribution in [3.8, 4) is 0 Å². The van der Waals surface area contributed by atoms with Crippen LogP contribution in [0.3, 0.4) is 0 Å². The van der Waals surface area contributed by atoms with Gasteiger partial charge in [0.15, 0.2) is 0 Å². The SMILES string of the molecule is OCc1cc2cc(CO)sc2s1. The van der Waals surface area contributed by atoms with Gasteiger partial charge in [-0.25, -0.2) is 0 Å². The minimum atomic E-state index is 0.112. The third kappa shape index (κ3) is 1.27. The monoisotopic (exact) mass is 200 g/mol. The summed E-state index contributed by atoms with van der Waals surface area (Å²) in [6, 6.07) is 3.94. The van der Waals surface area contributed by atoms with Crippen LogP contribution >= 0.6 is 22.7 Å². The molecule has 2 aromatic rings. The molecular formula is C8H8O2S2. The molecule has 0 aliphatic rings. The molecule has 2 nitrogen and oxygen atoms in total. The lowest BCUT2D eigenvalue weighted by atomic mass is 10.3. The lowest BCUT2D eigenvalue weighted by molar-refractivity contribution is 0.285. The first kappa shape index (κ1) is 8.19. The fourth-order valence-corrected chi connectivity index (χ4v) is 3.36. The Bertz CT molecular complexity index is 324. The second-order valence-electron chi connectivity index (χ2n) is 2.48. The van der Waals surface area contributed by atoms with Crippen molar-refractivity contribution in [2.45, 2.75) is 13.2 Å². The van der Waals surface area contributed by atoms with E-state index in [0.717, 1.165) is 15.1 Å². The fraction of sp³-hybridized carbons (Fsp3) is 0.250. The highest BCUT2D eigenvalue weighted by Crippen LogP contribution is 2.33. The van der Waals surface area contributed by atoms with Crippen LogP contribution in [0.5, 0.6) is 0 Å². The van der Waals surface area contributed by atoms with Gasteiger partial charge < -0.3 is 10.2 Å². The molecule has 0 fully saturated rings. The second-order valence-corrected chi connectivity index (χ2v) is 5.02. The first-order valence-corrected chi connectivity index (χ1v) is 5.19. The molecule has 0 saturated heterocycles. The lowest BCUT2D eigenvalue weighted by Gasteiger charge is -1.84. The van der Waals surface area contributed by atoms with Gasteiger partial charge in [-0.2, -0.15) is 0 Å². The summed E-state index contributed by atoms with van der Waals surface area (Å²) in [7, 11) is 0. The van der Waals surface area contributed by atoms with Crippen molar-refractivity contribution in [1.29, 1.82) is 0 Å². The van der Waals surface area contributed by atoms with E-state index >= 15 is 0 Å². The van der Waals surface area contributed by atoms with Crippen molar-refractivity contribution in [2.75, 3.05) is 0 Å². The lowest BCUT2D eigenvalue weighted by Crippen LogP contribution is -1.72. The van der Waals surface area contributed by atoms with Gasteiger partial charge in [-0.05, 0) is 12.1 Å². The van der Waals surface area contributed by atoms with Gasteiger partial charge in [-0.15, -0.1) is 22.7 Å². The maximum Gasteiger partial charge on any atom is 0.0872 e. The Morgan fingerprint density at radius 1 is 1.00 bits per heavy atom. The molecule has 2 heterocycles. The minimum absolute atomic E-state index is 0.112. The highest BCUT2D eigenvalue weighted by Gasteiger charge is 2.04. The Labute approximate surface area is 77.7 Å². The Kier molecular flexibility index (Phi) is 2.14. The maximum atomic E-state index is 8.85. The standard InChI is InChI=1S/C8H8O2S2/c9-3-6-1-5-2-7(4-10)12-8(5)11-6/h1-2,9-10H,3-4H2. The molecule has 0 saturated carbocycles. The van der Waals surface area contributed by atoms with Crippen molar-refractivity contribution >= 4 is 32.1 Å². The van der Waals surface area contributed by atoms with Gasteiger partial charge in [0.25, 0.3) is 0 Å². The van der Waals surface area contributed by atoms with Gasteiger partial charge in [0, 0.05) is 15.1 Å². The Morgan fingerprint density at radius 3 is 1.83 bits per heavy atom. The summed E-state index contributed by atoms with van der Waals surface area (Å²) in [6.07, 6.45) is 0. The van der Waals surface area contributed by atoms with Gasteiger partial charge in [-0.1, -0.05) is 0 Å². The Hall–Kier alpha value is -0.420. The molecule has 0 aromatic carbocycles. The molecule has 0 aliphatic heterocycles. The molecule has 0 atom stereocenters. The number of fused-ring (bicyclic) bond motifs is 1. The van der Waals surface area contributed by atoms with Gasteiger partial charge in [0.2, 0.25) is 0 Å². The van der Waals surface area contributed by atoms with Crippen LogP contribution < -0.4 is 0 Å². The van der Waals surface area contributed by atoms with Crippen LogP contribution in [0.25, 0.3) is 9.40 Å². The van der Waals surface area contributed by atoms with E-state index in [0.29, 0.717) is 0 Å². The Balaban J connectivity index is 2.52. The molecular weight excluding hydrogens is 192 g/mol. The summed E-state index contributed by atoms with van der Waals surface area (Å²) in [6.45, 7) is 0.223. The number of hydrogen-bond donors (Lipinski definition) is 2.